The van der Waals surface area contributed by atoms with Gasteiger partial charge in [-0.15, -0.1) is 0 Å². The maximum atomic E-state index is 6.11. The van der Waals surface area contributed by atoms with Crippen LogP contribution in [0.3, 0.4) is 0 Å². The number of fused-ring (bicyclic) bond motifs is 1. The summed E-state index contributed by atoms with van der Waals surface area (Å²) in [6, 6.07) is 6.44. The highest BCUT2D eigenvalue weighted by Crippen LogP contribution is 2.43. The summed E-state index contributed by atoms with van der Waals surface area (Å²) in [6.45, 7) is 2.08. The van der Waals surface area contributed by atoms with Gasteiger partial charge >= 0.3 is 0 Å². The first-order valence-corrected chi connectivity index (χ1v) is 5.68. The van der Waals surface area contributed by atoms with Crippen LogP contribution >= 0.6 is 11.6 Å². The van der Waals surface area contributed by atoms with Gasteiger partial charge in [-0.2, -0.15) is 0 Å². The third kappa shape index (κ3) is 1.51. The smallest absolute Gasteiger partial charge is 0.136 e. The molecule has 15 heavy (non-hydrogen) atoms. The van der Waals surface area contributed by atoms with Crippen molar-refractivity contribution in [2.75, 3.05) is 0 Å². The SMILES string of the molecule is Cc1ccc2c(C3CC3)cnc(Cl)c2c1. The van der Waals surface area contributed by atoms with Crippen molar-refractivity contribution in [3.63, 3.8) is 0 Å². The molecule has 1 aromatic heterocycles. The van der Waals surface area contributed by atoms with Crippen LogP contribution in [0, 0.1) is 6.92 Å². The first-order valence-electron chi connectivity index (χ1n) is 5.30. The van der Waals surface area contributed by atoms with Crippen LogP contribution in [0.1, 0.15) is 29.9 Å². The van der Waals surface area contributed by atoms with E-state index in [4.69, 9.17) is 11.6 Å². The highest BCUT2D eigenvalue weighted by Gasteiger charge is 2.26. The van der Waals surface area contributed by atoms with Crippen molar-refractivity contribution in [2.45, 2.75) is 25.7 Å². The Labute approximate surface area is 94.1 Å². The minimum atomic E-state index is 0.623. The molecule has 0 saturated heterocycles. The third-order valence-corrected chi connectivity index (χ3v) is 3.34. The number of aryl methyl sites for hydroxylation is 1. The lowest BCUT2D eigenvalue weighted by Gasteiger charge is -2.06. The van der Waals surface area contributed by atoms with Crippen molar-refractivity contribution in [3.8, 4) is 0 Å². The van der Waals surface area contributed by atoms with E-state index in [1.807, 2.05) is 6.20 Å². The molecule has 1 saturated carbocycles. The van der Waals surface area contributed by atoms with E-state index in [2.05, 4.69) is 30.1 Å². The second-order valence-electron chi connectivity index (χ2n) is 4.33. The largest absolute Gasteiger partial charge is 0.244 e. The van der Waals surface area contributed by atoms with Crippen molar-refractivity contribution in [3.05, 3.63) is 40.7 Å². The number of nitrogens with zero attached hydrogens (tertiary/aromatic N) is 1. The molecule has 1 nitrogen and oxygen atoms in total. The summed E-state index contributed by atoms with van der Waals surface area (Å²) in [7, 11) is 0. The molecule has 1 aliphatic carbocycles. The fourth-order valence-corrected chi connectivity index (χ4v) is 2.27. The molecule has 0 N–H and O–H groups in total. The van der Waals surface area contributed by atoms with Crippen LogP contribution in [-0.4, -0.2) is 4.98 Å². The first kappa shape index (κ1) is 9.17. The maximum absolute atomic E-state index is 6.11. The number of pyridine rings is 1. The van der Waals surface area contributed by atoms with E-state index >= 15 is 0 Å². The Balaban J connectivity index is 2.34. The summed E-state index contributed by atoms with van der Waals surface area (Å²) >= 11 is 6.11. The Morgan fingerprint density at radius 3 is 2.80 bits per heavy atom. The summed E-state index contributed by atoms with van der Waals surface area (Å²) in [5.41, 5.74) is 2.61. The lowest BCUT2D eigenvalue weighted by atomic mass is 10.0. The molecule has 0 spiro atoms. The molecule has 0 bridgehead atoms. The maximum Gasteiger partial charge on any atom is 0.136 e. The summed E-state index contributed by atoms with van der Waals surface area (Å²) in [5, 5.41) is 3.00. The van der Waals surface area contributed by atoms with Gasteiger partial charge in [-0.25, -0.2) is 4.98 Å². The van der Waals surface area contributed by atoms with Crippen LogP contribution in [0.15, 0.2) is 24.4 Å². The Kier molecular flexibility index (Phi) is 1.96. The summed E-state index contributed by atoms with van der Waals surface area (Å²) in [4.78, 5) is 4.28. The molecule has 0 atom stereocenters. The number of hydrogen-bond donors (Lipinski definition) is 0. The molecule has 0 unspecified atom stereocenters. The van der Waals surface area contributed by atoms with Crippen LogP contribution < -0.4 is 0 Å². The highest BCUT2D eigenvalue weighted by atomic mass is 35.5. The second-order valence-corrected chi connectivity index (χ2v) is 4.69. The molecule has 0 radical (unpaired) electrons. The molecule has 0 aliphatic heterocycles. The van der Waals surface area contributed by atoms with Gasteiger partial charge in [0.1, 0.15) is 5.15 Å². The zero-order chi connectivity index (χ0) is 10.4. The topological polar surface area (TPSA) is 12.9 Å². The number of benzene rings is 1. The summed E-state index contributed by atoms with van der Waals surface area (Å²) in [6.07, 6.45) is 4.54. The molecule has 2 aromatic rings. The van der Waals surface area contributed by atoms with Gasteiger partial charge < -0.3 is 0 Å². The molecular weight excluding hydrogens is 206 g/mol. The average molecular weight is 218 g/mol. The standard InChI is InChI=1S/C13H12ClN/c1-8-2-5-10-11(6-8)13(14)15-7-12(10)9-3-4-9/h2,5-7,9H,3-4H2,1H3. The summed E-state index contributed by atoms with van der Waals surface area (Å²) in [5.74, 6) is 0.722. The van der Waals surface area contributed by atoms with E-state index < -0.39 is 0 Å². The third-order valence-electron chi connectivity index (χ3n) is 3.04. The molecule has 1 aliphatic rings. The second kappa shape index (κ2) is 3.21. The molecule has 1 fully saturated rings. The molecule has 76 valence electrons. The zero-order valence-corrected chi connectivity index (χ0v) is 9.38. The number of hydrogen-bond acceptors (Lipinski definition) is 1. The Hall–Kier alpha value is -1.08. The number of rotatable bonds is 1. The zero-order valence-electron chi connectivity index (χ0n) is 8.63. The van der Waals surface area contributed by atoms with Gasteiger partial charge in [-0.1, -0.05) is 29.3 Å². The Morgan fingerprint density at radius 2 is 2.07 bits per heavy atom. The molecule has 2 heteroatoms. The van der Waals surface area contributed by atoms with Gasteiger partial charge in [0, 0.05) is 11.6 Å². The van der Waals surface area contributed by atoms with Gasteiger partial charge in [-0.05, 0) is 42.7 Å². The quantitative estimate of drug-likeness (QED) is 0.656. The van der Waals surface area contributed by atoms with Gasteiger partial charge in [-0.3, -0.25) is 0 Å². The van der Waals surface area contributed by atoms with Gasteiger partial charge in [0.05, 0.1) is 0 Å². The van der Waals surface area contributed by atoms with E-state index in [1.165, 1.54) is 29.4 Å². The van der Waals surface area contributed by atoms with E-state index in [0.717, 1.165) is 11.3 Å². The predicted molar refractivity (Wildman–Crippen MR) is 63.5 cm³/mol. The van der Waals surface area contributed by atoms with Crippen molar-refractivity contribution in [1.29, 1.82) is 0 Å². The van der Waals surface area contributed by atoms with Gasteiger partial charge in [0.2, 0.25) is 0 Å². The predicted octanol–water partition coefficient (Wildman–Crippen LogP) is 4.07. The highest BCUT2D eigenvalue weighted by molar-refractivity contribution is 6.34. The lowest BCUT2D eigenvalue weighted by molar-refractivity contribution is 1.12. The van der Waals surface area contributed by atoms with Crippen LogP contribution in [-0.2, 0) is 0 Å². The van der Waals surface area contributed by atoms with E-state index in [9.17, 15) is 0 Å². The molecule has 1 aromatic carbocycles. The molecular formula is C13H12ClN. The van der Waals surface area contributed by atoms with E-state index in [1.54, 1.807) is 0 Å². The van der Waals surface area contributed by atoms with E-state index in [0.29, 0.717) is 5.15 Å². The van der Waals surface area contributed by atoms with Crippen LogP contribution in [0.4, 0.5) is 0 Å². The Morgan fingerprint density at radius 1 is 1.27 bits per heavy atom. The number of aromatic nitrogens is 1. The molecule has 0 amide bonds. The molecule has 1 heterocycles. The molecule has 3 rings (SSSR count). The monoisotopic (exact) mass is 217 g/mol. The van der Waals surface area contributed by atoms with Crippen LogP contribution in [0.5, 0.6) is 0 Å². The van der Waals surface area contributed by atoms with E-state index in [-0.39, 0.29) is 0 Å². The normalized spacial score (nSPS) is 15.9. The minimum Gasteiger partial charge on any atom is -0.244 e. The summed E-state index contributed by atoms with van der Waals surface area (Å²) < 4.78 is 0. The van der Waals surface area contributed by atoms with Gasteiger partial charge in [0.15, 0.2) is 0 Å². The van der Waals surface area contributed by atoms with Crippen molar-refractivity contribution in [1.82, 2.24) is 4.98 Å². The van der Waals surface area contributed by atoms with Gasteiger partial charge in [0.25, 0.3) is 0 Å². The van der Waals surface area contributed by atoms with Crippen LogP contribution in [0.25, 0.3) is 10.8 Å². The fourth-order valence-electron chi connectivity index (χ4n) is 2.07. The average Bonchev–Trinajstić information content (AvgIpc) is 3.03. The number of halogens is 1. The van der Waals surface area contributed by atoms with Crippen molar-refractivity contribution < 1.29 is 0 Å². The first-order chi connectivity index (χ1) is 7.25. The lowest BCUT2D eigenvalue weighted by Crippen LogP contribution is -1.88. The van der Waals surface area contributed by atoms with Crippen LogP contribution in [0.2, 0.25) is 5.15 Å². The fraction of sp³-hybridized carbons (Fsp3) is 0.308. The Bertz CT molecular complexity index is 529. The van der Waals surface area contributed by atoms with Crippen molar-refractivity contribution in [2.24, 2.45) is 0 Å². The minimum absolute atomic E-state index is 0.623. The van der Waals surface area contributed by atoms with Crippen molar-refractivity contribution >= 4 is 22.4 Å².